The molecule has 1 atom stereocenters. The molecule has 0 bridgehead atoms. The van der Waals surface area contributed by atoms with Crippen LogP contribution in [0.25, 0.3) is 0 Å². The van der Waals surface area contributed by atoms with Gasteiger partial charge < -0.3 is 10.2 Å². The van der Waals surface area contributed by atoms with E-state index >= 15 is 0 Å². The minimum atomic E-state index is 0.357. The fraction of sp³-hybridized carbons (Fsp3) is 0.917. The van der Waals surface area contributed by atoms with Gasteiger partial charge in [-0.3, -0.25) is 4.79 Å². The fourth-order valence-electron chi connectivity index (χ4n) is 2.78. The monoisotopic (exact) mass is 210 g/mol. The highest BCUT2D eigenvalue weighted by molar-refractivity contribution is 5.76. The lowest BCUT2D eigenvalue weighted by molar-refractivity contribution is -0.132. The molecule has 15 heavy (non-hydrogen) atoms. The van der Waals surface area contributed by atoms with E-state index in [9.17, 15) is 4.79 Å². The Morgan fingerprint density at radius 1 is 1.33 bits per heavy atom. The SMILES string of the molecule is CN(C(=O)CC1CCCC1)C1CCNC1. The van der Waals surface area contributed by atoms with E-state index in [1.54, 1.807) is 0 Å². The Kier molecular flexibility index (Phi) is 3.62. The molecule has 3 nitrogen and oxygen atoms in total. The molecule has 2 rings (SSSR count). The third-order valence-corrected chi connectivity index (χ3v) is 3.91. The largest absolute Gasteiger partial charge is 0.341 e. The number of carbonyl (C=O) groups excluding carboxylic acids is 1. The highest BCUT2D eigenvalue weighted by Gasteiger charge is 2.26. The molecular formula is C12H22N2O. The molecule has 1 aliphatic carbocycles. The van der Waals surface area contributed by atoms with Gasteiger partial charge in [-0.2, -0.15) is 0 Å². The molecule has 1 N–H and O–H groups in total. The molecule has 0 aromatic rings. The average Bonchev–Trinajstić information content (AvgIpc) is 2.88. The van der Waals surface area contributed by atoms with Crippen molar-refractivity contribution in [2.75, 3.05) is 20.1 Å². The normalized spacial score (nSPS) is 27.1. The second kappa shape index (κ2) is 4.97. The van der Waals surface area contributed by atoms with E-state index in [1.165, 1.54) is 25.7 Å². The molecule has 1 saturated heterocycles. The minimum absolute atomic E-state index is 0.357. The number of nitrogens with one attached hydrogen (secondary N) is 1. The van der Waals surface area contributed by atoms with Gasteiger partial charge in [0.1, 0.15) is 0 Å². The van der Waals surface area contributed by atoms with Crippen LogP contribution < -0.4 is 5.32 Å². The van der Waals surface area contributed by atoms with Crippen LogP contribution in [0.1, 0.15) is 38.5 Å². The lowest BCUT2D eigenvalue weighted by Crippen LogP contribution is -2.38. The second-order valence-electron chi connectivity index (χ2n) is 5.01. The highest BCUT2D eigenvalue weighted by Crippen LogP contribution is 2.28. The van der Waals surface area contributed by atoms with Gasteiger partial charge in [-0.1, -0.05) is 12.8 Å². The number of likely N-dealkylation sites (N-methyl/N-ethyl adjacent to an activating group) is 1. The molecule has 1 unspecified atom stereocenters. The summed E-state index contributed by atoms with van der Waals surface area (Å²) in [7, 11) is 1.97. The van der Waals surface area contributed by atoms with E-state index in [-0.39, 0.29) is 0 Å². The Morgan fingerprint density at radius 2 is 2.07 bits per heavy atom. The Labute approximate surface area is 92.2 Å². The summed E-state index contributed by atoms with van der Waals surface area (Å²) in [6.45, 7) is 2.04. The van der Waals surface area contributed by atoms with Crippen molar-refractivity contribution in [3.8, 4) is 0 Å². The molecule has 0 aromatic carbocycles. The van der Waals surface area contributed by atoms with Gasteiger partial charge in [-0.05, 0) is 31.7 Å². The Morgan fingerprint density at radius 3 is 2.67 bits per heavy atom. The maximum absolute atomic E-state index is 12.0. The standard InChI is InChI=1S/C12H22N2O/c1-14(11-6-7-13-9-11)12(15)8-10-4-2-3-5-10/h10-11,13H,2-9H2,1H3. The predicted octanol–water partition coefficient (Wildman–Crippen LogP) is 1.39. The van der Waals surface area contributed by atoms with E-state index in [0.29, 0.717) is 17.9 Å². The molecular weight excluding hydrogens is 188 g/mol. The van der Waals surface area contributed by atoms with Crippen LogP contribution in [0.4, 0.5) is 0 Å². The number of hydrogen-bond donors (Lipinski definition) is 1. The molecule has 86 valence electrons. The number of hydrogen-bond acceptors (Lipinski definition) is 2. The lowest BCUT2D eigenvalue weighted by atomic mass is 10.0. The van der Waals surface area contributed by atoms with Crippen molar-refractivity contribution in [2.45, 2.75) is 44.6 Å². The van der Waals surface area contributed by atoms with E-state index in [0.717, 1.165) is 25.9 Å². The summed E-state index contributed by atoms with van der Waals surface area (Å²) in [5.74, 6) is 1.03. The van der Waals surface area contributed by atoms with Gasteiger partial charge in [0.25, 0.3) is 0 Å². The van der Waals surface area contributed by atoms with Crippen molar-refractivity contribution in [3.63, 3.8) is 0 Å². The van der Waals surface area contributed by atoms with E-state index in [1.807, 2.05) is 11.9 Å². The van der Waals surface area contributed by atoms with Crippen molar-refractivity contribution in [2.24, 2.45) is 5.92 Å². The first-order valence-electron chi connectivity index (χ1n) is 6.24. The number of nitrogens with zero attached hydrogens (tertiary/aromatic N) is 1. The summed E-state index contributed by atoms with van der Waals surface area (Å²) in [4.78, 5) is 14.0. The smallest absolute Gasteiger partial charge is 0.222 e. The molecule has 0 aromatic heterocycles. The van der Waals surface area contributed by atoms with Crippen LogP contribution in [0.5, 0.6) is 0 Å². The predicted molar refractivity (Wildman–Crippen MR) is 60.6 cm³/mol. The highest BCUT2D eigenvalue weighted by atomic mass is 16.2. The van der Waals surface area contributed by atoms with Crippen LogP contribution in [-0.4, -0.2) is 37.0 Å². The molecule has 2 aliphatic rings. The van der Waals surface area contributed by atoms with Gasteiger partial charge in [0.2, 0.25) is 5.91 Å². The first-order valence-corrected chi connectivity index (χ1v) is 6.24. The van der Waals surface area contributed by atoms with Crippen molar-refractivity contribution in [1.82, 2.24) is 10.2 Å². The maximum atomic E-state index is 12.0. The van der Waals surface area contributed by atoms with Crippen LogP contribution in [0, 0.1) is 5.92 Å². The molecule has 1 heterocycles. The summed E-state index contributed by atoms with van der Waals surface area (Å²) in [6, 6.07) is 0.443. The molecule has 0 radical (unpaired) electrons. The summed E-state index contributed by atoms with van der Waals surface area (Å²) in [5, 5.41) is 3.31. The third kappa shape index (κ3) is 2.71. The van der Waals surface area contributed by atoms with Gasteiger partial charge in [0.05, 0.1) is 0 Å². The zero-order chi connectivity index (χ0) is 10.7. The quantitative estimate of drug-likeness (QED) is 0.763. The summed E-state index contributed by atoms with van der Waals surface area (Å²) < 4.78 is 0. The van der Waals surface area contributed by atoms with E-state index in [4.69, 9.17) is 0 Å². The van der Waals surface area contributed by atoms with Crippen molar-refractivity contribution < 1.29 is 4.79 Å². The first kappa shape index (κ1) is 10.9. The maximum Gasteiger partial charge on any atom is 0.222 e. The Bertz CT molecular complexity index is 218. The first-order chi connectivity index (χ1) is 7.27. The average molecular weight is 210 g/mol. The topological polar surface area (TPSA) is 32.3 Å². The summed E-state index contributed by atoms with van der Waals surface area (Å²) in [5.41, 5.74) is 0. The Hall–Kier alpha value is -0.570. The second-order valence-corrected chi connectivity index (χ2v) is 5.01. The van der Waals surface area contributed by atoms with Gasteiger partial charge >= 0.3 is 0 Å². The molecule has 1 aliphatic heterocycles. The van der Waals surface area contributed by atoms with Crippen LogP contribution in [0.15, 0.2) is 0 Å². The third-order valence-electron chi connectivity index (χ3n) is 3.91. The number of carbonyl (C=O) groups is 1. The minimum Gasteiger partial charge on any atom is -0.341 e. The molecule has 3 heteroatoms. The van der Waals surface area contributed by atoms with Gasteiger partial charge in [-0.25, -0.2) is 0 Å². The van der Waals surface area contributed by atoms with Crippen LogP contribution >= 0.6 is 0 Å². The molecule has 2 fully saturated rings. The zero-order valence-electron chi connectivity index (χ0n) is 9.67. The van der Waals surface area contributed by atoms with Crippen molar-refractivity contribution in [3.05, 3.63) is 0 Å². The lowest BCUT2D eigenvalue weighted by Gasteiger charge is -2.25. The Balaban J connectivity index is 1.78. The summed E-state index contributed by atoms with van der Waals surface area (Å²) >= 11 is 0. The number of amides is 1. The van der Waals surface area contributed by atoms with Crippen LogP contribution in [0.3, 0.4) is 0 Å². The summed E-state index contributed by atoms with van der Waals surface area (Å²) in [6.07, 6.45) is 7.09. The van der Waals surface area contributed by atoms with Crippen molar-refractivity contribution in [1.29, 1.82) is 0 Å². The van der Waals surface area contributed by atoms with Gasteiger partial charge in [0, 0.05) is 26.1 Å². The van der Waals surface area contributed by atoms with Gasteiger partial charge in [-0.15, -0.1) is 0 Å². The van der Waals surface area contributed by atoms with E-state index < -0.39 is 0 Å². The van der Waals surface area contributed by atoms with E-state index in [2.05, 4.69) is 5.32 Å². The fourth-order valence-corrected chi connectivity index (χ4v) is 2.78. The van der Waals surface area contributed by atoms with Gasteiger partial charge in [0.15, 0.2) is 0 Å². The zero-order valence-corrected chi connectivity index (χ0v) is 9.67. The number of rotatable bonds is 3. The van der Waals surface area contributed by atoms with Crippen molar-refractivity contribution >= 4 is 5.91 Å². The molecule has 1 saturated carbocycles. The van der Waals surface area contributed by atoms with Crippen LogP contribution in [-0.2, 0) is 4.79 Å². The van der Waals surface area contributed by atoms with Crippen LogP contribution in [0.2, 0.25) is 0 Å². The molecule has 1 amide bonds. The molecule has 0 spiro atoms.